The van der Waals surface area contributed by atoms with Crippen LogP contribution in [0.3, 0.4) is 0 Å². The number of methoxy groups -OCH3 is 1. The third-order valence-corrected chi connectivity index (χ3v) is 5.04. The van der Waals surface area contributed by atoms with Crippen molar-refractivity contribution in [2.75, 3.05) is 13.7 Å². The molecule has 4 rings (SSSR count). The van der Waals surface area contributed by atoms with Crippen LogP contribution in [0.2, 0.25) is 5.02 Å². The highest BCUT2D eigenvalue weighted by molar-refractivity contribution is 6.32. The highest BCUT2D eigenvalue weighted by atomic mass is 35.5. The molecule has 0 aliphatic heterocycles. The normalized spacial score (nSPS) is 11.7. The van der Waals surface area contributed by atoms with Gasteiger partial charge in [0.05, 0.1) is 29.8 Å². The number of hydrogen-bond acceptors (Lipinski definition) is 4. The van der Waals surface area contributed by atoms with Gasteiger partial charge in [-0.15, -0.1) is 0 Å². The zero-order valence-electron chi connectivity index (χ0n) is 17.1. The zero-order chi connectivity index (χ0) is 21.1. The van der Waals surface area contributed by atoms with Crippen molar-refractivity contribution in [1.82, 2.24) is 0 Å². The predicted octanol–water partition coefficient (Wildman–Crippen LogP) is 6.70. The SMILES string of the molecule is CCOc1ccc2oc(-c3ccc(C)cc3)cc(=Nc3ccc(OC)c(Cl)c3)c2c1. The van der Waals surface area contributed by atoms with E-state index in [9.17, 15) is 0 Å². The topological polar surface area (TPSA) is 44.0 Å². The summed E-state index contributed by atoms with van der Waals surface area (Å²) in [5, 5.41) is 2.15. The van der Waals surface area contributed by atoms with Gasteiger partial charge in [-0.2, -0.15) is 0 Å². The molecule has 4 aromatic rings. The van der Waals surface area contributed by atoms with E-state index in [-0.39, 0.29) is 0 Å². The fraction of sp³-hybridized carbons (Fsp3) is 0.160. The Morgan fingerprint density at radius 2 is 1.77 bits per heavy atom. The van der Waals surface area contributed by atoms with Gasteiger partial charge in [-0.3, -0.25) is 0 Å². The summed E-state index contributed by atoms with van der Waals surface area (Å²) in [5.74, 6) is 2.13. The Bertz CT molecular complexity index is 1260. The lowest BCUT2D eigenvalue weighted by Crippen LogP contribution is -2.04. The first-order valence-electron chi connectivity index (χ1n) is 9.73. The van der Waals surface area contributed by atoms with Crippen LogP contribution in [-0.4, -0.2) is 13.7 Å². The van der Waals surface area contributed by atoms with Crippen LogP contribution >= 0.6 is 11.6 Å². The number of nitrogens with zero attached hydrogens (tertiary/aromatic N) is 1. The second kappa shape index (κ2) is 8.64. The van der Waals surface area contributed by atoms with Gasteiger partial charge in [0.25, 0.3) is 0 Å². The summed E-state index contributed by atoms with van der Waals surface area (Å²) < 4.78 is 17.1. The summed E-state index contributed by atoms with van der Waals surface area (Å²) in [6.45, 7) is 4.61. The van der Waals surface area contributed by atoms with E-state index in [1.165, 1.54) is 5.56 Å². The molecule has 0 spiro atoms. The summed E-state index contributed by atoms with van der Waals surface area (Å²) in [4.78, 5) is 4.85. The molecule has 0 radical (unpaired) electrons. The second-order valence-corrected chi connectivity index (χ2v) is 7.29. The van der Waals surface area contributed by atoms with Gasteiger partial charge < -0.3 is 13.9 Å². The third-order valence-electron chi connectivity index (χ3n) is 4.75. The lowest BCUT2D eigenvalue weighted by Gasteiger charge is -2.08. The van der Waals surface area contributed by atoms with E-state index < -0.39 is 0 Å². The molecule has 1 aromatic heterocycles. The number of fused-ring (bicyclic) bond motifs is 1. The fourth-order valence-electron chi connectivity index (χ4n) is 3.22. The average Bonchev–Trinajstić information content (AvgIpc) is 2.75. The Hall–Kier alpha value is -3.24. The quantitative estimate of drug-likeness (QED) is 0.361. The summed E-state index contributed by atoms with van der Waals surface area (Å²) in [5.41, 5.74) is 3.64. The molecule has 1 heterocycles. The smallest absolute Gasteiger partial charge is 0.137 e. The van der Waals surface area contributed by atoms with Crippen molar-refractivity contribution < 1.29 is 13.9 Å². The van der Waals surface area contributed by atoms with Crippen molar-refractivity contribution in [3.8, 4) is 22.8 Å². The summed E-state index contributed by atoms with van der Waals surface area (Å²) in [6, 6.07) is 21.4. The van der Waals surface area contributed by atoms with Crippen molar-refractivity contribution in [2.45, 2.75) is 13.8 Å². The number of hydrogen-bond donors (Lipinski definition) is 0. The van der Waals surface area contributed by atoms with Gasteiger partial charge in [-0.25, -0.2) is 4.99 Å². The fourth-order valence-corrected chi connectivity index (χ4v) is 3.47. The highest BCUT2D eigenvalue weighted by Crippen LogP contribution is 2.29. The van der Waals surface area contributed by atoms with Crippen molar-refractivity contribution in [3.63, 3.8) is 0 Å². The Kier molecular flexibility index (Phi) is 5.77. The summed E-state index contributed by atoms with van der Waals surface area (Å²) in [6.07, 6.45) is 0. The van der Waals surface area contributed by atoms with E-state index >= 15 is 0 Å². The maximum atomic E-state index is 6.30. The van der Waals surface area contributed by atoms with E-state index in [2.05, 4.69) is 19.1 Å². The minimum Gasteiger partial charge on any atom is -0.495 e. The molecule has 152 valence electrons. The highest BCUT2D eigenvalue weighted by Gasteiger charge is 2.09. The molecule has 30 heavy (non-hydrogen) atoms. The molecule has 0 bridgehead atoms. The largest absolute Gasteiger partial charge is 0.495 e. The summed E-state index contributed by atoms with van der Waals surface area (Å²) >= 11 is 6.30. The number of benzene rings is 3. The van der Waals surface area contributed by atoms with Crippen LogP contribution in [0, 0.1) is 6.92 Å². The first kappa shape index (κ1) is 20.0. The van der Waals surface area contributed by atoms with Crippen LogP contribution in [0.1, 0.15) is 12.5 Å². The predicted molar refractivity (Wildman–Crippen MR) is 121 cm³/mol. The molecular weight excluding hydrogens is 398 g/mol. The van der Waals surface area contributed by atoms with Gasteiger partial charge in [0, 0.05) is 17.0 Å². The second-order valence-electron chi connectivity index (χ2n) is 6.88. The lowest BCUT2D eigenvalue weighted by molar-refractivity contribution is 0.340. The van der Waals surface area contributed by atoms with Crippen LogP contribution in [0.15, 0.2) is 76.1 Å². The van der Waals surface area contributed by atoms with Crippen LogP contribution < -0.4 is 14.8 Å². The first-order chi connectivity index (χ1) is 14.6. The molecular formula is C25H22ClNO3. The molecule has 0 amide bonds. The average molecular weight is 420 g/mol. The number of rotatable bonds is 5. The van der Waals surface area contributed by atoms with Crippen molar-refractivity contribution in [2.24, 2.45) is 4.99 Å². The van der Waals surface area contributed by atoms with Gasteiger partial charge in [0.15, 0.2) is 0 Å². The molecule has 0 N–H and O–H groups in total. The van der Waals surface area contributed by atoms with E-state index in [1.54, 1.807) is 13.2 Å². The van der Waals surface area contributed by atoms with Crippen molar-refractivity contribution in [1.29, 1.82) is 0 Å². The minimum atomic E-state index is 0.512. The monoisotopic (exact) mass is 419 g/mol. The minimum absolute atomic E-state index is 0.512. The standard InChI is InChI=1S/C25H22ClNO3/c1-4-29-19-10-12-23-20(14-19)22(27-18-9-11-24(28-3)21(26)13-18)15-25(30-23)17-7-5-16(2)6-8-17/h5-15H,4H2,1-3H3. The Morgan fingerprint density at radius 3 is 2.47 bits per heavy atom. The summed E-state index contributed by atoms with van der Waals surface area (Å²) in [7, 11) is 1.59. The molecule has 0 aliphatic rings. The molecule has 0 fully saturated rings. The first-order valence-corrected chi connectivity index (χ1v) is 10.1. The molecule has 0 aliphatic carbocycles. The van der Waals surface area contributed by atoms with E-state index in [0.29, 0.717) is 17.4 Å². The molecule has 0 atom stereocenters. The molecule has 5 heteroatoms. The van der Waals surface area contributed by atoms with Crippen molar-refractivity contribution >= 4 is 28.3 Å². The van der Waals surface area contributed by atoms with Gasteiger partial charge >= 0.3 is 0 Å². The Balaban J connectivity index is 1.94. The number of ether oxygens (including phenoxy) is 2. The van der Waals surface area contributed by atoms with E-state index in [1.807, 2.05) is 55.5 Å². The molecule has 4 nitrogen and oxygen atoms in total. The van der Waals surface area contributed by atoms with Crippen LogP contribution in [0.4, 0.5) is 5.69 Å². The Labute approximate surface area is 180 Å². The van der Waals surface area contributed by atoms with Crippen molar-refractivity contribution in [3.05, 3.63) is 82.7 Å². The van der Waals surface area contributed by atoms with Gasteiger partial charge in [0.1, 0.15) is 22.8 Å². The number of aryl methyl sites for hydroxylation is 1. The Morgan fingerprint density at radius 1 is 0.967 bits per heavy atom. The van der Waals surface area contributed by atoms with Crippen LogP contribution in [0.5, 0.6) is 11.5 Å². The maximum absolute atomic E-state index is 6.30. The zero-order valence-corrected chi connectivity index (χ0v) is 17.9. The van der Waals surface area contributed by atoms with Crippen LogP contribution in [0.25, 0.3) is 22.3 Å². The number of halogens is 1. The van der Waals surface area contributed by atoms with Gasteiger partial charge in [0.2, 0.25) is 0 Å². The van der Waals surface area contributed by atoms with Gasteiger partial charge in [-0.05, 0) is 50.2 Å². The van der Waals surface area contributed by atoms with E-state index in [4.69, 9.17) is 30.5 Å². The molecule has 3 aromatic carbocycles. The maximum Gasteiger partial charge on any atom is 0.137 e. The van der Waals surface area contributed by atoms with Crippen LogP contribution in [-0.2, 0) is 0 Å². The molecule has 0 saturated heterocycles. The third kappa shape index (κ3) is 4.19. The molecule has 0 unspecified atom stereocenters. The van der Waals surface area contributed by atoms with E-state index in [0.717, 1.165) is 39.1 Å². The lowest BCUT2D eigenvalue weighted by atomic mass is 10.1. The molecule has 0 saturated carbocycles. The van der Waals surface area contributed by atoms with Gasteiger partial charge in [-0.1, -0.05) is 41.4 Å².